The molecule has 0 fully saturated rings. The molecule has 0 amide bonds. The molecule has 0 bridgehead atoms. The fourth-order valence-corrected chi connectivity index (χ4v) is 3.00. The highest BCUT2D eigenvalue weighted by molar-refractivity contribution is 9.10. The van der Waals surface area contributed by atoms with E-state index in [1.807, 2.05) is 0 Å². The van der Waals surface area contributed by atoms with Crippen molar-refractivity contribution < 1.29 is 13.2 Å². The molecule has 0 saturated carbocycles. The van der Waals surface area contributed by atoms with Crippen molar-refractivity contribution >= 4 is 32.1 Å². The molecule has 0 saturated heterocycles. The molecule has 2 rings (SSSR count). The summed E-state index contributed by atoms with van der Waals surface area (Å²) in [6.45, 7) is 0. The van der Waals surface area contributed by atoms with E-state index in [0.29, 0.717) is 11.8 Å². The summed E-state index contributed by atoms with van der Waals surface area (Å²) in [5.74, 6) is 0. The number of hydrogen-bond donors (Lipinski definition) is 0. The topological polar surface area (TPSA) is 51.2 Å². The molecule has 3 nitrogen and oxygen atoms in total. The second-order valence-corrected chi connectivity index (χ2v) is 6.51. The van der Waals surface area contributed by atoms with Gasteiger partial charge in [-0.15, -0.1) is 0 Å². The summed E-state index contributed by atoms with van der Waals surface area (Å²) in [5, 5.41) is 0. The summed E-state index contributed by atoms with van der Waals surface area (Å²) in [7, 11) is -3.52. The number of rotatable bonds is 3. The van der Waals surface area contributed by atoms with E-state index in [1.165, 1.54) is 36.4 Å². The van der Waals surface area contributed by atoms with E-state index in [-0.39, 0.29) is 9.79 Å². The van der Waals surface area contributed by atoms with Crippen LogP contribution in [0.1, 0.15) is 10.4 Å². The lowest BCUT2D eigenvalue weighted by Crippen LogP contribution is -2.01. The maximum atomic E-state index is 12.2. The monoisotopic (exact) mass is 324 g/mol. The predicted molar refractivity (Wildman–Crippen MR) is 71.4 cm³/mol. The SMILES string of the molecule is O=Cc1ccc(S(=O)(=O)c2ccc(Br)cc2)cc1. The van der Waals surface area contributed by atoms with Crippen LogP contribution in [0.2, 0.25) is 0 Å². The molecule has 92 valence electrons. The van der Waals surface area contributed by atoms with Gasteiger partial charge in [0.25, 0.3) is 0 Å². The highest BCUT2D eigenvalue weighted by Crippen LogP contribution is 2.22. The van der Waals surface area contributed by atoms with Crippen molar-refractivity contribution in [3.63, 3.8) is 0 Å². The minimum Gasteiger partial charge on any atom is -0.298 e. The third kappa shape index (κ3) is 2.52. The van der Waals surface area contributed by atoms with E-state index in [1.54, 1.807) is 12.1 Å². The van der Waals surface area contributed by atoms with Crippen molar-refractivity contribution in [1.29, 1.82) is 0 Å². The number of benzene rings is 2. The molecule has 0 aliphatic heterocycles. The summed E-state index contributed by atoms with van der Waals surface area (Å²) in [4.78, 5) is 10.9. The standard InChI is InChI=1S/C13H9BrO3S/c14-11-3-7-13(8-4-11)18(16,17)12-5-1-10(9-15)2-6-12/h1-9H. The van der Waals surface area contributed by atoms with Crippen LogP contribution in [0.3, 0.4) is 0 Å². The Balaban J connectivity index is 2.47. The number of hydrogen-bond acceptors (Lipinski definition) is 3. The average Bonchev–Trinajstić information content (AvgIpc) is 2.39. The van der Waals surface area contributed by atoms with Crippen LogP contribution in [0.15, 0.2) is 62.8 Å². The van der Waals surface area contributed by atoms with Crippen LogP contribution >= 0.6 is 15.9 Å². The Kier molecular flexibility index (Phi) is 3.63. The highest BCUT2D eigenvalue weighted by atomic mass is 79.9. The number of halogens is 1. The Labute approximate surface area is 114 Å². The van der Waals surface area contributed by atoms with E-state index >= 15 is 0 Å². The first-order valence-electron chi connectivity index (χ1n) is 5.10. The maximum Gasteiger partial charge on any atom is 0.206 e. The largest absolute Gasteiger partial charge is 0.298 e. The molecule has 0 aliphatic rings. The second-order valence-electron chi connectivity index (χ2n) is 3.64. The van der Waals surface area contributed by atoms with E-state index in [2.05, 4.69) is 15.9 Å². The van der Waals surface area contributed by atoms with Crippen LogP contribution in [0.25, 0.3) is 0 Å². The van der Waals surface area contributed by atoms with Gasteiger partial charge in [0.1, 0.15) is 6.29 Å². The highest BCUT2D eigenvalue weighted by Gasteiger charge is 2.16. The molecule has 0 atom stereocenters. The van der Waals surface area contributed by atoms with Crippen molar-refractivity contribution in [3.05, 3.63) is 58.6 Å². The first-order chi connectivity index (χ1) is 8.54. The molecule has 5 heteroatoms. The lowest BCUT2D eigenvalue weighted by Gasteiger charge is -2.04. The number of sulfone groups is 1. The van der Waals surface area contributed by atoms with Gasteiger partial charge in [0.2, 0.25) is 9.84 Å². The normalized spacial score (nSPS) is 11.2. The Hall–Kier alpha value is -1.46. The van der Waals surface area contributed by atoms with Crippen molar-refractivity contribution in [2.45, 2.75) is 9.79 Å². The van der Waals surface area contributed by atoms with Crippen LogP contribution in [0.5, 0.6) is 0 Å². The van der Waals surface area contributed by atoms with Gasteiger partial charge in [0.05, 0.1) is 9.79 Å². The van der Waals surface area contributed by atoms with E-state index in [0.717, 1.165) is 4.47 Å². The third-order valence-electron chi connectivity index (χ3n) is 2.45. The van der Waals surface area contributed by atoms with Gasteiger partial charge in [0.15, 0.2) is 0 Å². The molecule has 0 heterocycles. The molecule has 0 aliphatic carbocycles. The van der Waals surface area contributed by atoms with Crippen LogP contribution in [0.4, 0.5) is 0 Å². The smallest absolute Gasteiger partial charge is 0.206 e. The van der Waals surface area contributed by atoms with Gasteiger partial charge in [-0.2, -0.15) is 0 Å². The molecule has 0 N–H and O–H groups in total. The van der Waals surface area contributed by atoms with Gasteiger partial charge >= 0.3 is 0 Å². The third-order valence-corrected chi connectivity index (χ3v) is 4.76. The van der Waals surface area contributed by atoms with Gasteiger partial charge in [0, 0.05) is 10.0 Å². The van der Waals surface area contributed by atoms with Gasteiger partial charge in [-0.25, -0.2) is 8.42 Å². The number of aldehydes is 1. The zero-order valence-electron chi connectivity index (χ0n) is 9.21. The van der Waals surface area contributed by atoms with Gasteiger partial charge in [-0.1, -0.05) is 28.1 Å². The lowest BCUT2D eigenvalue weighted by atomic mass is 10.2. The van der Waals surface area contributed by atoms with E-state index in [4.69, 9.17) is 0 Å². The summed E-state index contributed by atoms with van der Waals surface area (Å²) in [5.41, 5.74) is 0.449. The average molecular weight is 325 g/mol. The Morgan fingerprint density at radius 1 is 0.833 bits per heavy atom. The van der Waals surface area contributed by atoms with Crippen LogP contribution in [-0.4, -0.2) is 14.7 Å². The van der Waals surface area contributed by atoms with Crippen molar-refractivity contribution in [1.82, 2.24) is 0 Å². The van der Waals surface area contributed by atoms with E-state index in [9.17, 15) is 13.2 Å². The lowest BCUT2D eigenvalue weighted by molar-refractivity contribution is 0.112. The molecule has 18 heavy (non-hydrogen) atoms. The van der Waals surface area contributed by atoms with Gasteiger partial charge in [-0.05, 0) is 36.4 Å². The second kappa shape index (κ2) is 5.04. The fourth-order valence-electron chi connectivity index (χ4n) is 1.48. The fraction of sp³-hybridized carbons (Fsp3) is 0. The summed E-state index contributed by atoms with van der Waals surface area (Å²) in [6, 6.07) is 12.2. The minimum absolute atomic E-state index is 0.176. The summed E-state index contributed by atoms with van der Waals surface area (Å²) >= 11 is 3.25. The van der Waals surface area contributed by atoms with E-state index < -0.39 is 9.84 Å². The van der Waals surface area contributed by atoms with Gasteiger partial charge in [-0.3, -0.25) is 4.79 Å². The molecule has 2 aromatic carbocycles. The molecule has 0 spiro atoms. The van der Waals surface area contributed by atoms with Crippen molar-refractivity contribution in [2.75, 3.05) is 0 Å². The molecular formula is C13H9BrO3S. The molecule has 0 unspecified atom stereocenters. The number of carbonyl (C=O) groups is 1. The Bertz CT molecular complexity index is 658. The Morgan fingerprint density at radius 3 is 1.72 bits per heavy atom. The zero-order valence-corrected chi connectivity index (χ0v) is 11.6. The van der Waals surface area contributed by atoms with Gasteiger partial charge < -0.3 is 0 Å². The van der Waals surface area contributed by atoms with Crippen molar-refractivity contribution in [2.24, 2.45) is 0 Å². The van der Waals surface area contributed by atoms with Crippen molar-refractivity contribution in [3.8, 4) is 0 Å². The predicted octanol–water partition coefficient (Wildman–Crippen LogP) is 3.09. The first-order valence-corrected chi connectivity index (χ1v) is 7.37. The number of carbonyl (C=O) groups excluding carboxylic acids is 1. The minimum atomic E-state index is -3.52. The molecule has 2 aromatic rings. The molecule has 0 radical (unpaired) electrons. The zero-order chi connectivity index (χ0) is 13.2. The summed E-state index contributed by atoms with van der Waals surface area (Å²) in [6.07, 6.45) is 0.677. The molecule has 0 aromatic heterocycles. The van der Waals surface area contributed by atoms with Crippen LogP contribution in [0, 0.1) is 0 Å². The maximum absolute atomic E-state index is 12.2. The molecular weight excluding hydrogens is 316 g/mol. The summed E-state index contributed by atoms with van der Waals surface area (Å²) < 4.78 is 25.3. The Morgan fingerprint density at radius 2 is 1.28 bits per heavy atom. The van der Waals surface area contributed by atoms with Crippen LogP contribution in [-0.2, 0) is 9.84 Å². The quantitative estimate of drug-likeness (QED) is 0.815. The van der Waals surface area contributed by atoms with Crippen LogP contribution < -0.4 is 0 Å². The first kappa shape index (κ1) is 13.0.